The number of methoxy groups -OCH3 is 1. The summed E-state index contributed by atoms with van der Waals surface area (Å²) in [6, 6.07) is 6.32. The molecule has 3 aliphatic heterocycles. The molecule has 2 aromatic rings. The van der Waals surface area contributed by atoms with E-state index in [0.717, 1.165) is 36.9 Å². The zero-order chi connectivity index (χ0) is 17.2. The number of aromatic hydroxyl groups is 1. The van der Waals surface area contributed by atoms with Gasteiger partial charge in [-0.15, -0.1) is 0 Å². The van der Waals surface area contributed by atoms with Crippen LogP contribution in [0.25, 0.3) is 10.9 Å². The molecule has 3 fully saturated rings. The van der Waals surface area contributed by atoms with Crippen molar-refractivity contribution < 1.29 is 9.84 Å². The number of piperidine rings is 2. The van der Waals surface area contributed by atoms with Crippen LogP contribution in [0.3, 0.4) is 0 Å². The molecule has 4 bridgehead atoms. The minimum Gasteiger partial charge on any atom is -0.508 e. The lowest BCUT2D eigenvalue weighted by Gasteiger charge is -2.59. The molecule has 4 aliphatic rings. The lowest BCUT2D eigenvalue weighted by Crippen LogP contribution is -2.65. The maximum absolute atomic E-state index is 10.0. The summed E-state index contributed by atoms with van der Waals surface area (Å²) in [4.78, 5) is 6.53. The van der Waals surface area contributed by atoms with E-state index in [-0.39, 0.29) is 5.41 Å². The summed E-state index contributed by atoms with van der Waals surface area (Å²) in [6.45, 7) is 5.51. The number of H-pyrrole nitrogens is 1. The molecule has 1 saturated carbocycles. The van der Waals surface area contributed by atoms with Gasteiger partial charge in [-0.25, -0.2) is 0 Å². The fourth-order valence-corrected chi connectivity index (χ4v) is 6.48. The summed E-state index contributed by atoms with van der Waals surface area (Å²) in [7, 11) is 1.85. The normalized spacial score (nSPS) is 36.4. The van der Waals surface area contributed by atoms with Gasteiger partial charge in [0.05, 0.1) is 12.0 Å². The van der Waals surface area contributed by atoms with Crippen molar-refractivity contribution in [3.05, 3.63) is 29.5 Å². The standard InChI is InChI=1S/C21H28N2O2/c1-3-14-8-13-10-21(12-25-2)19-16(6-7-23(11-13)20(14)21)17-9-15(24)4-5-18(17)22-19/h4-5,9,13-14,20,22,24H,3,6-8,10-12H2,1-2H3/t13-,14?,20?,21+/m0/s1. The van der Waals surface area contributed by atoms with Gasteiger partial charge >= 0.3 is 0 Å². The van der Waals surface area contributed by atoms with Gasteiger partial charge in [-0.3, -0.25) is 4.90 Å². The molecule has 6 rings (SSSR count). The van der Waals surface area contributed by atoms with Gasteiger partial charge < -0.3 is 14.8 Å². The molecular formula is C21H28N2O2. The molecule has 1 aliphatic carbocycles. The molecule has 0 radical (unpaired) electrons. The average molecular weight is 340 g/mol. The molecule has 4 heteroatoms. The Bertz CT molecular complexity index is 814. The third kappa shape index (κ3) is 2.07. The number of hydrogen-bond acceptors (Lipinski definition) is 3. The number of hydrogen-bond donors (Lipinski definition) is 2. The monoisotopic (exact) mass is 340 g/mol. The van der Waals surface area contributed by atoms with Gasteiger partial charge in [0.25, 0.3) is 0 Å². The van der Waals surface area contributed by atoms with E-state index < -0.39 is 0 Å². The van der Waals surface area contributed by atoms with E-state index in [4.69, 9.17) is 4.74 Å². The molecular weight excluding hydrogens is 312 g/mol. The summed E-state index contributed by atoms with van der Waals surface area (Å²) in [5.74, 6) is 1.89. The number of rotatable bonds is 3. The van der Waals surface area contributed by atoms with Crippen LogP contribution < -0.4 is 0 Å². The topological polar surface area (TPSA) is 48.5 Å². The first-order valence-corrected chi connectivity index (χ1v) is 9.73. The number of nitrogens with zero attached hydrogens (tertiary/aromatic N) is 1. The average Bonchev–Trinajstić information content (AvgIpc) is 2.94. The molecule has 1 aromatic heterocycles. The second-order valence-electron chi connectivity index (χ2n) is 8.46. The largest absolute Gasteiger partial charge is 0.508 e. The Morgan fingerprint density at radius 3 is 3.08 bits per heavy atom. The Balaban J connectivity index is 1.76. The molecule has 2 saturated heterocycles. The quantitative estimate of drug-likeness (QED) is 0.900. The molecule has 0 amide bonds. The van der Waals surface area contributed by atoms with Gasteiger partial charge in [0.1, 0.15) is 5.75 Å². The number of aromatic nitrogens is 1. The van der Waals surface area contributed by atoms with Crippen LogP contribution in [-0.4, -0.2) is 47.8 Å². The zero-order valence-corrected chi connectivity index (χ0v) is 15.2. The van der Waals surface area contributed by atoms with Gasteiger partial charge in [0.2, 0.25) is 0 Å². The maximum Gasteiger partial charge on any atom is 0.116 e. The minimum absolute atomic E-state index is 0.0665. The first-order chi connectivity index (χ1) is 12.2. The summed E-state index contributed by atoms with van der Waals surface area (Å²) in [5, 5.41) is 11.2. The fourth-order valence-electron chi connectivity index (χ4n) is 6.48. The van der Waals surface area contributed by atoms with Gasteiger partial charge in [-0.05, 0) is 54.9 Å². The summed E-state index contributed by atoms with van der Waals surface area (Å²) in [5.41, 5.74) is 4.02. The third-order valence-corrected chi connectivity index (χ3v) is 7.15. The van der Waals surface area contributed by atoms with Crippen LogP contribution in [0.15, 0.2) is 18.2 Å². The molecule has 1 aromatic carbocycles. The van der Waals surface area contributed by atoms with Crippen LogP contribution in [0, 0.1) is 11.8 Å². The maximum atomic E-state index is 10.0. The van der Waals surface area contributed by atoms with Crippen molar-refractivity contribution in [1.29, 1.82) is 0 Å². The van der Waals surface area contributed by atoms with Crippen molar-refractivity contribution >= 4 is 10.9 Å². The number of benzene rings is 1. The van der Waals surface area contributed by atoms with E-state index in [1.54, 1.807) is 6.07 Å². The van der Waals surface area contributed by atoms with Gasteiger partial charge in [-0.2, -0.15) is 0 Å². The van der Waals surface area contributed by atoms with Crippen molar-refractivity contribution in [3.8, 4) is 5.75 Å². The van der Waals surface area contributed by atoms with E-state index in [1.807, 2.05) is 19.2 Å². The van der Waals surface area contributed by atoms with Crippen LogP contribution in [-0.2, 0) is 16.6 Å². The highest BCUT2D eigenvalue weighted by Gasteiger charge is 2.58. The molecule has 2 N–H and O–H groups in total. The summed E-state index contributed by atoms with van der Waals surface area (Å²) < 4.78 is 5.84. The zero-order valence-electron chi connectivity index (χ0n) is 15.2. The number of aromatic amines is 1. The second kappa shape index (κ2) is 5.49. The first kappa shape index (κ1) is 15.7. The predicted octanol–water partition coefficient (Wildman–Crippen LogP) is 3.43. The van der Waals surface area contributed by atoms with Crippen molar-refractivity contribution in [2.24, 2.45) is 11.8 Å². The Kier molecular flexibility index (Phi) is 3.45. The fraction of sp³-hybridized carbons (Fsp3) is 0.619. The van der Waals surface area contributed by atoms with E-state index in [0.29, 0.717) is 11.8 Å². The van der Waals surface area contributed by atoms with Crippen LogP contribution in [0.1, 0.15) is 37.4 Å². The van der Waals surface area contributed by atoms with Gasteiger partial charge in [0.15, 0.2) is 0 Å². The molecule has 4 nitrogen and oxygen atoms in total. The molecule has 0 spiro atoms. The van der Waals surface area contributed by atoms with E-state index in [2.05, 4.69) is 16.8 Å². The highest BCUT2D eigenvalue weighted by atomic mass is 16.5. The SMILES string of the molecule is CCC1C[C@@H]2CN3CCc4c([nH]c5ccc(O)cc45)[C@](COC)(C2)C13. The first-order valence-electron chi connectivity index (χ1n) is 9.73. The van der Waals surface area contributed by atoms with Gasteiger partial charge in [0, 0.05) is 42.8 Å². The van der Waals surface area contributed by atoms with Gasteiger partial charge in [-0.1, -0.05) is 13.3 Å². The number of phenols is 1. The van der Waals surface area contributed by atoms with E-state index >= 15 is 0 Å². The third-order valence-electron chi connectivity index (χ3n) is 7.15. The molecule has 5 atom stereocenters. The lowest BCUT2D eigenvalue weighted by atomic mass is 9.56. The molecule has 25 heavy (non-hydrogen) atoms. The Labute approximate surface area is 149 Å². The Morgan fingerprint density at radius 2 is 2.28 bits per heavy atom. The number of fused-ring (bicyclic) bond motifs is 4. The highest BCUT2D eigenvalue weighted by molar-refractivity contribution is 5.86. The Hall–Kier alpha value is -1.52. The van der Waals surface area contributed by atoms with Crippen molar-refractivity contribution in [2.45, 2.75) is 44.1 Å². The van der Waals surface area contributed by atoms with Crippen molar-refractivity contribution in [3.63, 3.8) is 0 Å². The number of ether oxygens (including phenoxy) is 1. The molecule has 3 unspecified atom stereocenters. The van der Waals surface area contributed by atoms with E-state index in [9.17, 15) is 5.11 Å². The highest BCUT2D eigenvalue weighted by Crippen LogP contribution is 2.55. The Morgan fingerprint density at radius 1 is 1.40 bits per heavy atom. The van der Waals surface area contributed by atoms with E-state index in [1.165, 1.54) is 42.5 Å². The number of nitrogens with one attached hydrogen (secondary N) is 1. The predicted molar refractivity (Wildman–Crippen MR) is 99.1 cm³/mol. The van der Waals surface area contributed by atoms with Crippen molar-refractivity contribution in [2.75, 3.05) is 26.8 Å². The number of phenolic OH excluding ortho intramolecular Hbond substituents is 1. The summed E-state index contributed by atoms with van der Waals surface area (Å²) >= 11 is 0. The van der Waals surface area contributed by atoms with Crippen LogP contribution in [0.4, 0.5) is 0 Å². The summed E-state index contributed by atoms with van der Waals surface area (Å²) in [6.07, 6.45) is 4.91. The second-order valence-corrected chi connectivity index (χ2v) is 8.46. The minimum atomic E-state index is 0.0665. The smallest absolute Gasteiger partial charge is 0.116 e. The van der Waals surface area contributed by atoms with Crippen LogP contribution in [0.2, 0.25) is 0 Å². The lowest BCUT2D eigenvalue weighted by molar-refractivity contribution is -0.0835. The van der Waals surface area contributed by atoms with Crippen LogP contribution >= 0.6 is 0 Å². The van der Waals surface area contributed by atoms with Crippen molar-refractivity contribution in [1.82, 2.24) is 9.88 Å². The molecule has 134 valence electrons. The van der Waals surface area contributed by atoms with Crippen LogP contribution in [0.5, 0.6) is 5.75 Å². The molecule has 4 heterocycles.